The van der Waals surface area contributed by atoms with E-state index < -0.39 is 35.0 Å². The number of aliphatic hydroxyl groups is 2. The molecule has 0 atom stereocenters. The van der Waals surface area contributed by atoms with E-state index in [2.05, 4.69) is 9.97 Å². The average molecular weight is 543 g/mol. The Kier molecular flexibility index (Phi) is 6.54. The Morgan fingerprint density at radius 1 is 0.675 bits per heavy atom. The summed E-state index contributed by atoms with van der Waals surface area (Å²) in [5.74, 6) is -5.85. The van der Waals surface area contributed by atoms with Crippen molar-refractivity contribution >= 4 is 56.5 Å². The number of nitrogens with one attached hydrogen (secondary N) is 2. The first-order valence-corrected chi connectivity index (χ1v) is 12.8. The molecule has 2 heterocycles. The lowest BCUT2D eigenvalue weighted by Gasteiger charge is -2.19. The lowest BCUT2D eigenvalue weighted by Crippen LogP contribution is -2.23. The van der Waals surface area contributed by atoms with Crippen molar-refractivity contribution in [3.8, 4) is 0 Å². The van der Waals surface area contributed by atoms with Crippen molar-refractivity contribution in [3.05, 3.63) is 81.6 Å². The van der Waals surface area contributed by atoms with Crippen LogP contribution in [0.4, 0.5) is 0 Å². The van der Waals surface area contributed by atoms with Crippen LogP contribution in [0.2, 0.25) is 0 Å². The minimum Gasteiger partial charge on any atom is -0.504 e. The molecule has 6 N–H and O–H groups in total. The third kappa shape index (κ3) is 4.05. The summed E-state index contributed by atoms with van der Waals surface area (Å²) in [7, 11) is 0. The van der Waals surface area contributed by atoms with Crippen molar-refractivity contribution in [2.75, 3.05) is 0 Å². The third-order valence-corrected chi connectivity index (χ3v) is 7.10. The van der Waals surface area contributed by atoms with Crippen LogP contribution in [0.3, 0.4) is 0 Å². The molecule has 4 aromatic rings. The van der Waals surface area contributed by atoms with Crippen molar-refractivity contribution in [3.63, 3.8) is 0 Å². The monoisotopic (exact) mass is 542 g/mol. The molecular formula is C30H26N2O8. The number of aliphatic hydroxyl groups excluding tert-OH is 2. The Balaban J connectivity index is 1.73. The topological polar surface area (TPSA) is 181 Å². The van der Waals surface area contributed by atoms with Crippen molar-refractivity contribution < 1.29 is 39.6 Å². The smallest absolute Gasteiger partial charge is 0.335 e. The minimum absolute atomic E-state index is 0.0199. The number of Topliss-reactive ketones (excluding diaryl/α,β-unsaturated/α-hetero) is 2. The summed E-state index contributed by atoms with van der Waals surface area (Å²) in [6.07, 6.45) is 2.14. The number of ketones is 2. The third-order valence-electron chi connectivity index (χ3n) is 7.10. The molecular weight excluding hydrogens is 516 g/mol. The highest BCUT2D eigenvalue weighted by molar-refractivity contribution is 6.48. The Bertz CT molecular complexity index is 1700. The van der Waals surface area contributed by atoms with Crippen molar-refractivity contribution in [2.45, 2.75) is 39.5 Å². The van der Waals surface area contributed by atoms with Crippen molar-refractivity contribution in [1.29, 1.82) is 0 Å². The van der Waals surface area contributed by atoms with Crippen LogP contribution in [0.25, 0.3) is 33.0 Å². The summed E-state index contributed by atoms with van der Waals surface area (Å²) in [6.45, 7) is 3.80. The number of carboxylic acids is 2. The molecule has 0 amide bonds. The standard InChI is InChI=1S/C30H26N2O8/c1-3-5-17-21(15-9-7-13(29(37)38)11-19(15)31-17)23-25(33)27(35)24(28(36)26(23)34)22-16-10-8-14(30(39)40)12-20(16)32-18(22)6-4-2/h7-12,31-33,36H,3-6H2,1-2H3,(H,37,38)(H,39,40). The molecule has 0 aliphatic heterocycles. The molecule has 0 saturated carbocycles. The molecule has 2 aromatic heterocycles. The highest BCUT2D eigenvalue weighted by Crippen LogP contribution is 2.41. The van der Waals surface area contributed by atoms with E-state index in [4.69, 9.17) is 0 Å². The number of aryl methyl sites for hydroxylation is 2. The van der Waals surface area contributed by atoms with Crippen LogP contribution in [0, 0.1) is 0 Å². The summed E-state index contributed by atoms with van der Waals surface area (Å²) >= 11 is 0. The number of carboxylic acid groups (broad SMARTS) is 2. The maximum atomic E-state index is 13.7. The van der Waals surface area contributed by atoms with E-state index in [1.165, 1.54) is 36.4 Å². The first-order valence-electron chi connectivity index (χ1n) is 12.8. The van der Waals surface area contributed by atoms with E-state index in [9.17, 15) is 39.6 Å². The molecule has 0 unspecified atom stereocenters. The first kappa shape index (κ1) is 26.5. The number of benzene rings is 2. The first-order chi connectivity index (χ1) is 19.1. The van der Waals surface area contributed by atoms with E-state index in [0.717, 1.165) is 0 Å². The number of aromatic carboxylic acids is 2. The van der Waals surface area contributed by atoms with Gasteiger partial charge in [0.2, 0.25) is 11.6 Å². The van der Waals surface area contributed by atoms with Gasteiger partial charge in [0.05, 0.1) is 22.3 Å². The molecule has 204 valence electrons. The van der Waals surface area contributed by atoms with Gasteiger partial charge in [0.15, 0.2) is 11.5 Å². The molecule has 0 radical (unpaired) electrons. The van der Waals surface area contributed by atoms with Gasteiger partial charge in [-0.25, -0.2) is 9.59 Å². The largest absolute Gasteiger partial charge is 0.504 e. The van der Waals surface area contributed by atoms with Gasteiger partial charge in [-0.05, 0) is 37.1 Å². The van der Waals surface area contributed by atoms with Crippen molar-refractivity contribution in [1.82, 2.24) is 9.97 Å². The lowest BCUT2D eigenvalue weighted by molar-refractivity contribution is -0.116. The summed E-state index contributed by atoms with van der Waals surface area (Å²) in [4.78, 5) is 56.7. The molecule has 1 aliphatic rings. The number of aromatic amines is 2. The van der Waals surface area contributed by atoms with Crippen LogP contribution in [0.5, 0.6) is 0 Å². The minimum atomic E-state index is -1.14. The highest BCUT2D eigenvalue weighted by Gasteiger charge is 2.40. The van der Waals surface area contributed by atoms with Gasteiger partial charge in [-0.3, -0.25) is 9.59 Å². The van der Waals surface area contributed by atoms with Gasteiger partial charge in [-0.15, -0.1) is 0 Å². The summed E-state index contributed by atoms with van der Waals surface area (Å²) in [5, 5.41) is 42.1. The Morgan fingerprint density at radius 3 is 1.38 bits per heavy atom. The maximum absolute atomic E-state index is 13.7. The number of hydrogen-bond acceptors (Lipinski definition) is 6. The predicted molar refractivity (Wildman–Crippen MR) is 148 cm³/mol. The fourth-order valence-electron chi connectivity index (χ4n) is 5.36. The molecule has 0 saturated heterocycles. The molecule has 0 fully saturated rings. The van der Waals surface area contributed by atoms with Crippen LogP contribution < -0.4 is 0 Å². The van der Waals surface area contributed by atoms with Crippen LogP contribution in [-0.2, 0) is 22.4 Å². The number of hydrogen-bond donors (Lipinski definition) is 6. The summed E-state index contributed by atoms with van der Waals surface area (Å²) in [6, 6.07) is 8.53. The molecule has 5 rings (SSSR count). The Hall–Kier alpha value is -5.12. The van der Waals surface area contributed by atoms with Gasteiger partial charge < -0.3 is 30.4 Å². The molecule has 0 bridgehead atoms. The predicted octanol–water partition coefficient (Wildman–Crippen LogP) is 5.34. The molecule has 40 heavy (non-hydrogen) atoms. The summed E-state index contributed by atoms with van der Waals surface area (Å²) in [5.41, 5.74) is 1.61. The number of allylic oxidation sites excluding steroid dienone is 2. The molecule has 2 aromatic carbocycles. The van der Waals surface area contributed by atoms with Gasteiger partial charge >= 0.3 is 11.9 Å². The van der Waals surface area contributed by atoms with Gasteiger partial charge in [-0.2, -0.15) is 0 Å². The SMILES string of the molecule is CCCc1[nH]c2cc(C(=O)O)ccc2c1C1=C(O)C(=O)C(c2c(CCC)[nH]c3cc(C(=O)O)ccc23)=C(O)C1=O. The van der Waals surface area contributed by atoms with Crippen molar-refractivity contribution in [2.24, 2.45) is 0 Å². The average Bonchev–Trinajstić information content (AvgIpc) is 3.45. The van der Waals surface area contributed by atoms with Crippen LogP contribution in [0.15, 0.2) is 47.9 Å². The van der Waals surface area contributed by atoms with Crippen LogP contribution in [-0.4, -0.2) is 53.9 Å². The summed E-state index contributed by atoms with van der Waals surface area (Å²) < 4.78 is 0. The zero-order valence-electron chi connectivity index (χ0n) is 21.7. The van der Waals surface area contributed by atoms with Gasteiger partial charge in [-0.1, -0.05) is 38.8 Å². The second-order valence-electron chi connectivity index (χ2n) is 9.69. The fraction of sp³-hybridized carbons (Fsp3) is 0.200. The number of carbonyl (C=O) groups excluding carboxylic acids is 2. The number of carbonyl (C=O) groups is 4. The van der Waals surface area contributed by atoms with Gasteiger partial charge in [0, 0.05) is 44.3 Å². The Labute approximate surface area is 227 Å². The molecule has 0 spiro atoms. The van der Waals surface area contributed by atoms with E-state index in [1.54, 1.807) is 0 Å². The Morgan fingerprint density at radius 2 is 1.05 bits per heavy atom. The van der Waals surface area contributed by atoms with E-state index in [1.807, 2.05) is 13.8 Å². The number of fused-ring (bicyclic) bond motifs is 2. The van der Waals surface area contributed by atoms with Crippen LogP contribution >= 0.6 is 0 Å². The molecule has 1 aliphatic carbocycles. The molecule has 10 nitrogen and oxygen atoms in total. The zero-order chi connectivity index (χ0) is 28.9. The van der Waals surface area contributed by atoms with Gasteiger partial charge in [0.1, 0.15) is 0 Å². The number of aromatic nitrogens is 2. The normalized spacial score (nSPS) is 14.2. The van der Waals surface area contributed by atoms with Gasteiger partial charge in [0.25, 0.3) is 0 Å². The zero-order valence-corrected chi connectivity index (χ0v) is 21.7. The second-order valence-corrected chi connectivity index (χ2v) is 9.69. The molecule has 10 heteroatoms. The van der Waals surface area contributed by atoms with Crippen LogP contribution in [0.1, 0.15) is 69.9 Å². The second kappa shape index (κ2) is 9.88. The number of H-pyrrole nitrogens is 2. The van der Waals surface area contributed by atoms with E-state index in [0.29, 0.717) is 58.9 Å². The quantitative estimate of drug-likeness (QED) is 0.161. The van der Waals surface area contributed by atoms with E-state index in [-0.39, 0.29) is 33.4 Å². The van der Waals surface area contributed by atoms with E-state index >= 15 is 0 Å². The maximum Gasteiger partial charge on any atom is 0.335 e. The fourth-order valence-corrected chi connectivity index (χ4v) is 5.36. The number of rotatable bonds is 8. The highest BCUT2D eigenvalue weighted by atomic mass is 16.4. The lowest BCUT2D eigenvalue weighted by atomic mass is 9.83.